The number of halogens is 1. The highest BCUT2D eigenvalue weighted by molar-refractivity contribution is 5.85. The molecule has 118 valence electrons. The van der Waals surface area contributed by atoms with Gasteiger partial charge in [0.1, 0.15) is 0 Å². The molecule has 0 atom stereocenters. The first kappa shape index (κ1) is 17.7. The van der Waals surface area contributed by atoms with Gasteiger partial charge < -0.3 is 14.7 Å². The van der Waals surface area contributed by atoms with Crippen LogP contribution in [0.4, 0.5) is 0 Å². The van der Waals surface area contributed by atoms with Gasteiger partial charge in [-0.2, -0.15) is 0 Å². The van der Waals surface area contributed by atoms with Crippen LogP contribution in [-0.4, -0.2) is 47.8 Å². The first-order valence-electron chi connectivity index (χ1n) is 7.83. The molecule has 0 radical (unpaired) electrons. The molecule has 0 unspecified atom stereocenters. The maximum absolute atomic E-state index is 12.0. The lowest BCUT2D eigenvalue weighted by atomic mass is 9.95. The summed E-state index contributed by atoms with van der Waals surface area (Å²) in [7, 11) is 0. The van der Waals surface area contributed by atoms with Gasteiger partial charge in [-0.25, -0.2) is 4.79 Å². The lowest BCUT2D eigenvalue weighted by molar-refractivity contribution is -0.167. The van der Waals surface area contributed by atoms with Crippen molar-refractivity contribution in [2.45, 2.75) is 63.4 Å². The second kappa shape index (κ2) is 8.85. The fraction of sp³-hybridized carbons (Fsp3) is 0.933. The van der Waals surface area contributed by atoms with Gasteiger partial charge in [0.05, 0.1) is 6.61 Å². The van der Waals surface area contributed by atoms with Crippen molar-refractivity contribution in [2.75, 3.05) is 26.2 Å². The Labute approximate surface area is 128 Å². The number of hydrogen-bond acceptors (Lipinski definition) is 4. The van der Waals surface area contributed by atoms with Gasteiger partial charge in [-0.3, -0.25) is 0 Å². The van der Waals surface area contributed by atoms with Gasteiger partial charge in [0.2, 0.25) is 0 Å². The Balaban J connectivity index is 0.00000200. The SMILES string of the molecule is Cl.O=C(OCCCN1CCCC1)C1(O)CCCCCC1. The molecule has 1 aliphatic heterocycles. The van der Waals surface area contributed by atoms with Crippen molar-refractivity contribution in [1.82, 2.24) is 4.90 Å². The van der Waals surface area contributed by atoms with E-state index in [2.05, 4.69) is 4.90 Å². The zero-order valence-electron chi connectivity index (χ0n) is 12.3. The monoisotopic (exact) mass is 305 g/mol. The van der Waals surface area contributed by atoms with Gasteiger partial charge in [0, 0.05) is 6.54 Å². The fourth-order valence-corrected chi connectivity index (χ4v) is 3.11. The zero-order chi connectivity index (χ0) is 13.6. The van der Waals surface area contributed by atoms with Crippen LogP contribution in [0.1, 0.15) is 57.8 Å². The van der Waals surface area contributed by atoms with E-state index in [-0.39, 0.29) is 12.4 Å². The third-order valence-corrected chi connectivity index (χ3v) is 4.36. The van der Waals surface area contributed by atoms with Crippen molar-refractivity contribution in [3.63, 3.8) is 0 Å². The predicted molar refractivity (Wildman–Crippen MR) is 81.1 cm³/mol. The molecule has 0 aromatic rings. The van der Waals surface area contributed by atoms with Crippen LogP contribution in [0, 0.1) is 0 Å². The molecule has 1 saturated carbocycles. The Bertz CT molecular complexity index is 285. The van der Waals surface area contributed by atoms with Crippen LogP contribution in [0.5, 0.6) is 0 Å². The second-order valence-corrected chi connectivity index (χ2v) is 5.98. The van der Waals surface area contributed by atoms with Crippen LogP contribution in [0.25, 0.3) is 0 Å². The van der Waals surface area contributed by atoms with Crippen molar-refractivity contribution < 1.29 is 14.6 Å². The molecule has 1 N–H and O–H groups in total. The van der Waals surface area contributed by atoms with Crippen LogP contribution in [0.3, 0.4) is 0 Å². The lowest BCUT2D eigenvalue weighted by Gasteiger charge is -2.24. The topological polar surface area (TPSA) is 49.8 Å². The molecule has 2 fully saturated rings. The van der Waals surface area contributed by atoms with Crippen LogP contribution >= 0.6 is 12.4 Å². The van der Waals surface area contributed by atoms with Gasteiger partial charge >= 0.3 is 5.97 Å². The minimum Gasteiger partial charge on any atom is -0.464 e. The molecular formula is C15H28ClNO3. The fourth-order valence-electron chi connectivity index (χ4n) is 3.11. The second-order valence-electron chi connectivity index (χ2n) is 5.98. The highest BCUT2D eigenvalue weighted by Gasteiger charge is 2.37. The Morgan fingerprint density at radius 3 is 2.25 bits per heavy atom. The number of rotatable bonds is 5. The van der Waals surface area contributed by atoms with E-state index in [9.17, 15) is 9.90 Å². The van der Waals surface area contributed by atoms with Crippen LogP contribution in [0.15, 0.2) is 0 Å². The minimum atomic E-state index is -1.20. The number of nitrogens with zero attached hydrogens (tertiary/aromatic N) is 1. The Morgan fingerprint density at radius 2 is 1.65 bits per heavy atom. The average molecular weight is 306 g/mol. The zero-order valence-corrected chi connectivity index (χ0v) is 13.1. The van der Waals surface area contributed by atoms with Crippen molar-refractivity contribution in [3.8, 4) is 0 Å². The quantitative estimate of drug-likeness (QED) is 0.482. The number of likely N-dealkylation sites (tertiary alicyclic amines) is 1. The Kier molecular flexibility index (Phi) is 7.85. The molecular weight excluding hydrogens is 278 g/mol. The van der Waals surface area contributed by atoms with E-state index in [1.807, 2.05) is 0 Å². The molecule has 0 spiro atoms. The van der Waals surface area contributed by atoms with E-state index in [4.69, 9.17) is 4.74 Å². The van der Waals surface area contributed by atoms with Crippen molar-refractivity contribution >= 4 is 18.4 Å². The van der Waals surface area contributed by atoms with E-state index < -0.39 is 11.6 Å². The molecule has 0 amide bonds. The highest BCUT2D eigenvalue weighted by Crippen LogP contribution is 2.28. The van der Waals surface area contributed by atoms with Gasteiger partial charge in [-0.15, -0.1) is 12.4 Å². The summed E-state index contributed by atoms with van der Waals surface area (Å²) in [6, 6.07) is 0. The van der Waals surface area contributed by atoms with Crippen LogP contribution < -0.4 is 0 Å². The van der Waals surface area contributed by atoms with Gasteiger partial charge in [0.15, 0.2) is 5.60 Å². The summed E-state index contributed by atoms with van der Waals surface area (Å²) in [4.78, 5) is 14.4. The molecule has 5 heteroatoms. The third-order valence-electron chi connectivity index (χ3n) is 4.36. The van der Waals surface area contributed by atoms with E-state index in [0.717, 1.165) is 38.6 Å². The lowest BCUT2D eigenvalue weighted by Crippen LogP contribution is -2.40. The number of carbonyl (C=O) groups is 1. The first-order chi connectivity index (χ1) is 9.21. The molecule has 0 aromatic heterocycles. The number of carbonyl (C=O) groups excluding carboxylic acids is 1. The molecule has 1 aliphatic carbocycles. The minimum absolute atomic E-state index is 0. The van der Waals surface area contributed by atoms with E-state index in [1.54, 1.807) is 0 Å². The number of esters is 1. The molecule has 20 heavy (non-hydrogen) atoms. The molecule has 0 bridgehead atoms. The van der Waals surface area contributed by atoms with Gasteiger partial charge in [-0.1, -0.05) is 12.8 Å². The van der Waals surface area contributed by atoms with Crippen molar-refractivity contribution in [1.29, 1.82) is 0 Å². The van der Waals surface area contributed by atoms with Crippen molar-refractivity contribution in [3.05, 3.63) is 0 Å². The van der Waals surface area contributed by atoms with Crippen LogP contribution in [0.2, 0.25) is 0 Å². The van der Waals surface area contributed by atoms with E-state index in [1.165, 1.54) is 25.9 Å². The number of hydrogen-bond donors (Lipinski definition) is 1. The molecule has 0 aromatic carbocycles. The Morgan fingerprint density at radius 1 is 1.05 bits per heavy atom. The van der Waals surface area contributed by atoms with Gasteiger partial charge in [0.25, 0.3) is 0 Å². The maximum Gasteiger partial charge on any atom is 0.338 e. The summed E-state index contributed by atoms with van der Waals surface area (Å²) < 4.78 is 5.28. The number of aliphatic hydroxyl groups is 1. The smallest absolute Gasteiger partial charge is 0.338 e. The normalized spacial score (nSPS) is 22.9. The molecule has 2 aliphatic rings. The maximum atomic E-state index is 12.0. The summed E-state index contributed by atoms with van der Waals surface area (Å²) in [5, 5.41) is 10.3. The molecule has 4 nitrogen and oxygen atoms in total. The van der Waals surface area contributed by atoms with Gasteiger partial charge in [-0.05, 0) is 58.0 Å². The largest absolute Gasteiger partial charge is 0.464 e. The van der Waals surface area contributed by atoms with Crippen LogP contribution in [-0.2, 0) is 9.53 Å². The Hall–Kier alpha value is -0.320. The first-order valence-corrected chi connectivity index (χ1v) is 7.83. The summed E-state index contributed by atoms with van der Waals surface area (Å²) in [5.74, 6) is -0.393. The predicted octanol–water partition coefficient (Wildman–Crippen LogP) is 2.52. The van der Waals surface area contributed by atoms with Crippen molar-refractivity contribution in [2.24, 2.45) is 0 Å². The van der Waals surface area contributed by atoms with E-state index in [0.29, 0.717) is 19.4 Å². The standard InChI is InChI=1S/C15H27NO3.ClH/c17-14(15(18)8-3-1-2-4-9-15)19-13-7-12-16-10-5-6-11-16;/h18H,1-13H2;1H. The summed E-state index contributed by atoms with van der Waals surface area (Å²) in [5.41, 5.74) is -1.20. The third kappa shape index (κ3) is 5.23. The molecule has 1 heterocycles. The average Bonchev–Trinajstić information content (AvgIpc) is 2.82. The summed E-state index contributed by atoms with van der Waals surface area (Å²) >= 11 is 0. The summed E-state index contributed by atoms with van der Waals surface area (Å²) in [6.45, 7) is 3.80. The molecule has 2 rings (SSSR count). The highest BCUT2D eigenvalue weighted by atomic mass is 35.5. The summed E-state index contributed by atoms with van der Waals surface area (Å²) in [6.07, 6.45) is 8.69. The molecule has 1 saturated heterocycles. The number of ether oxygens (including phenoxy) is 1. The van der Waals surface area contributed by atoms with E-state index >= 15 is 0 Å².